The summed E-state index contributed by atoms with van der Waals surface area (Å²) in [4.78, 5) is 37.7. The third-order valence-electron chi connectivity index (χ3n) is 17.8. The van der Waals surface area contributed by atoms with E-state index in [1.807, 2.05) is 21.1 Å². The molecule has 594 valence electrons. The van der Waals surface area contributed by atoms with Crippen molar-refractivity contribution in [3.8, 4) is 0 Å². The Labute approximate surface area is 646 Å². The number of carbonyl (C=O) groups excluding carboxylic acids is 3. The molecule has 0 aromatic carbocycles. The molecule has 0 spiro atoms. The Morgan fingerprint density at radius 2 is 0.514 bits per heavy atom. The Bertz CT molecular complexity index is 2450. The Hall–Kier alpha value is -5.87. The van der Waals surface area contributed by atoms with Crippen molar-refractivity contribution >= 4 is 17.9 Å². The molecule has 2 atom stereocenters. The lowest BCUT2D eigenvalue weighted by atomic mass is 10.0. The van der Waals surface area contributed by atoms with E-state index in [1.54, 1.807) is 0 Å². The van der Waals surface area contributed by atoms with Crippen molar-refractivity contribution in [3.05, 3.63) is 194 Å². The number of rotatable bonds is 77. The molecule has 0 aliphatic carbocycles. The highest BCUT2D eigenvalue weighted by Crippen LogP contribution is 2.18. The molecule has 0 rings (SSSR count). The summed E-state index contributed by atoms with van der Waals surface area (Å²) in [5.41, 5.74) is 0. The van der Waals surface area contributed by atoms with Crippen LogP contribution in [0.1, 0.15) is 335 Å². The Morgan fingerprint density at radius 3 is 0.762 bits per heavy atom. The van der Waals surface area contributed by atoms with E-state index in [2.05, 4.69) is 208 Å². The molecule has 9 heteroatoms. The zero-order valence-corrected chi connectivity index (χ0v) is 68.0. The quantitative estimate of drug-likeness (QED) is 0.0195. The van der Waals surface area contributed by atoms with Crippen molar-refractivity contribution in [2.75, 3.05) is 47.5 Å². The number of ether oxygens (including phenoxy) is 4. The molecule has 0 aliphatic rings. The van der Waals surface area contributed by atoms with Gasteiger partial charge in [0.05, 0.1) is 40.3 Å². The number of carbonyl (C=O) groups is 3. The Kier molecular flexibility index (Phi) is 79.1. The number of esters is 2. The van der Waals surface area contributed by atoms with Crippen LogP contribution in [0, 0.1) is 0 Å². The number of carboxylic acids is 1. The summed E-state index contributed by atoms with van der Waals surface area (Å²) in [6.07, 6.45) is 126. The van der Waals surface area contributed by atoms with Gasteiger partial charge in [0.2, 0.25) is 0 Å². The second-order valence-corrected chi connectivity index (χ2v) is 29.0. The van der Waals surface area contributed by atoms with E-state index >= 15 is 0 Å². The SMILES string of the molecule is CC/C=C\C/C=C\C/C=C\C/C=C\C/C=C\C/C=C\C/C=C\C/C=C\C/C=C\C/C=C\CCCCCCCCCCCCC(=O)OC(COC(=O)CCCCCCCCCCCCCCCCCCCCCC/C=C\C/C=C\C/C=C\C/C=C\C/C=C\C/C=C\CC)COC(OCC[N+](C)(C)C)C(=O)[O-]. The second kappa shape index (κ2) is 83.8. The van der Waals surface area contributed by atoms with Gasteiger partial charge in [0, 0.05) is 12.8 Å². The van der Waals surface area contributed by atoms with E-state index in [0.717, 1.165) is 148 Å². The fourth-order valence-corrected chi connectivity index (χ4v) is 11.5. The standard InChI is InChI=1S/C96H157NO8/c1-6-8-10-12-14-16-18-20-22-24-26-28-30-32-34-36-38-40-42-44-46-47-49-51-53-55-57-59-61-63-65-67-69-71-73-75-77-79-81-83-85-87-94(99)105-92(91-104-96(95(100)101)102-89-88-97(3,4)5)90-103-93(98)86-84-82-80-78-76-74-72-70-68-66-64-62-60-58-56-54-52-50-48-45-43-41-39-37-35-33-31-29-27-25-23-21-19-17-15-13-11-9-7-2/h8-11,14-17,20-23,26-29,32-35,38-41,44,46,49,51,55,57,61,63,92,96H,6-7,12-13,18-19,24-25,30-31,36-37,42-43,45,47-48,50,52-54,56,58-60,62,64-91H2,1-5H3/b10-8-,11-9-,16-14-,17-15-,22-20-,23-21-,28-26-,29-27-,34-32-,35-33-,40-38-,41-39-,46-44-,51-49-,57-55-,63-61-. The Balaban J connectivity index is 4.06. The van der Waals surface area contributed by atoms with Gasteiger partial charge in [-0.2, -0.15) is 0 Å². The molecule has 2 unspecified atom stereocenters. The number of allylic oxidation sites excluding steroid dienone is 32. The highest BCUT2D eigenvalue weighted by Gasteiger charge is 2.22. The van der Waals surface area contributed by atoms with Gasteiger partial charge >= 0.3 is 11.9 Å². The zero-order valence-electron chi connectivity index (χ0n) is 68.0. The number of aliphatic carboxylic acids is 1. The number of hydrogen-bond donors (Lipinski definition) is 0. The molecule has 0 fully saturated rings. The summed E-state index contributed by atoms with van der Waals surface area (Å²) < 4.78 is 22.9. The van der Waals surface area contributed by atoms with Crippen molar-refractivity contribution in [2.45, 2.75) is 347 Å². The minimum atomic E-state index is -1.63. The molecule has 105 heavy (non-hydrogen) atoms. The van der Waals surface area contributed by atoms with Crippen LogP contribution in [0.5, 0.6) is 0 Å². The summed E-state index contributed by atoms with van der Waals surface area (Å²) in [6, 6.07) is 0. The summed E-state index contributed by atoms with van der Waals surface area (Å²) in [5.74, 6) is -2.29. The number of quaternary nitrogens is 1. The maximum atomic E-state index is 13.0. The van der Waals surface area contributed by atoms with Gasteiger partial charge in [0.1, 0.15) is 13.2 Å². The number of likely N-dealkylation sites (N-methyl/N-ethyl adjacent to an activating group) is 1. The van der Waals surface area contributed by atoms with Crippen LogP contribution in [0.15, 0.2) is 194 Å². The van der Waals surface area contributed by atoms with Crippen LogP contribution in [0.4, 0.5) is 0 Å². The van der Waals surface area contributed by atoms with Crippen molar-refractivity contribution in [2.24, 2.45) is 0 Å². The van der Waals surface area contributed by atoms with Crippen LogP contribution < -0.4 is 5.11 Å². The van der Waals surface area contributed by atoms with Gasteiger partial charge in [0.15, 0.2) is 12.4 Å². The van der Waals surface area contributed by atoms with Crippen LogP contribution in [-0.4, -0.2) is 82.3 Å². The molecule has 0 aliphatic heterocycles. The number of nitrogens with zero attached hydrogens (tertiary/aromatic N) is 1. The molecule has 0 amide bonds. The molecule has 0 aromatic rings. The third-order valence-corrected chi connectivity index (χ3v) is 17.8. The van der Waals surface area contributed by atoms with E-state index < -0.39 is 24.3 Å². The molecular formula is C96H157NO8. The highest BCUT2D eigenvalue weighted by atomic mass is 16.7. The largest absolute Gasteiger partial charge is 0.545 e. The fourth-order valence-electron chi connectivity index (χ4n) is 11.5. The summed E-state index contributed by atoms with van der Waals surface area (Å²) in [6.45, 7) is 4.53. The van der Waals surface area contributed by atoms with Crippen LogP contribution in [-0.2, 0) is 33.3 Å². The normalized spacial score (nSPS) is 13.6. The molecule has 0 saturated heterocycles. The molecular weight excluding hydrogens is 1300 g/mol. The first-order valence-corrected chi connectivity index (χ1v) is 42.6. The third kappa shape index (κ3) is 85.3. The lowest BCUT2D eigenvalue weighted by Crippen LogP contribution is -2.44. The van der Waals surface area contributed by atoms with Gasteiger partial charge in [-0.25, -0.2) is 0 Å². The minimum Gasteiger partial charge on any atom is -0.545 e. The average molecular weight is 1450 g/mol. The number of unbranched alkanes of at least 4 members (excludes halogenated alkanes) is 30. The van der Waals surface area contributed by atoms with Crippen molar-refractivity contribution in [1.82, 2.24) is 0 Å². The average Bonchev–Trinajstić information content (AvgIpc) is 1.18. The van der Waals surface area contributed by atoms with E-state index in [9.17, 15) is 19.5 Å². The minimum absolute atomic E-state index is 0.140. The van der Waals surface area contributed by atoms with Gasteiger partial charge in [-0.1, -0.05) is 375 Å². The molecule has 0 heterocycles. The molecule has 0 saturated carbocycles. The van der Waals surface area contributed by atoms with Crippen LogP contribution in [0.3, 0.4) is 0 Å². The first-order valence-electron chi connectivity index (χ1n) is 42.6. The van der Waals surface area contributed by atoms with E-state index in [0.29, 0.717) is 17.4 Å². The fraction of sp³-hybridized carbons (Fsp3) is 0.635. The van der Waals surface area contributed by atoms with Gasteiger partial charge in [-0.3, -0.25) is 9.59 Å². The molecule has 9 nitrogen and oxygen atoms in total. The first-order chi connectivity index (χ1) is 51.6. The molecule has 0 N–H and O–H groups in total. The van der Waals surface area contributed by atoms with Gasteiger partial charge in [-0.05, 0) is 141 Å². The number of carboxylic acid groups (broad SMARTS) is 1. The number of hydrogen-bond acceptors (Lipinski definition) is 8. The molecule has 0 aromatic heterocycles. The smallest absolute Gasteiger partial charge is 0.306 e. The van der Waals surface area contributed by atoms with Crippen molar-refractivity contribution in [1.29, 1.82) is 0 Å². The van der Waals surface area contributed by atoms with Crippen molar-refractivity contribution < 1.29 is 42.9 Å². The van der Waals surface area contributed by atoms with E-state index in [4.69, 9.17) is 18.9 Å². The maximum Gasteiger partial charge on any atom is 0.306 e. The predicted molar refractivity (Wildman–Crippen MR) is 453 cm³/mol. The van der Waals surface area contributed by atoms with E-state index in [1.165, 1.54) is 154 Å². The van der Waals surface area contributed by atoms with Crippen molar-refractivity contribution in [3.63, 3.8) is 0 Å². The molecule has 0 radical (unpaired) electrons. The topological polar surface area (TPSA) is 111 Å². The zero-order chi connectivity index (χ0) is 76.0. The lowest BCUT2D eigenvalue weighted by Gasteiger charge is -2.26. The Morgan fingerprint density at radius 1 is 0.286 bits per heavy atom. The van der Waals surface area contributed by atoms with E-state index in [-0.39, 0.29) is 38.6 Å². The lowest BCUT2D eigenvalue weighted by molar-refractivity contribution is -0.870. The van der Waals surface area contributed by atoms with Crippen LogP contribution in [0.2, 0.25) is 0 Å². The van der Waals surface area contributed by atoms with Crippen LogP contribution >= 0.6 is 0 Å². The summed E-state index contributed by atoms with van der Waals surface area (Å²) >= 11 is 0. The predicted octanol–water partition coefficient (Wildman–Crippen LogP) is 26.7. The van der Waals surface area contributed by atoms with Gasteiger partial charge in [0.25, 0.3) is 0 Å². The highest BCUT2D eigenvalue weighted by molar-refractivity contribution is 5.70. The first kappa shape index (κ1) is 99.1. The monoisotopic (exact) mass is 1450 g/mol. The second-order valence-electron chi connectivity index (χ2n) is 29.0. The van der Waals surface area contributed by atoms with Gasteiger partial charge in [-0.15, -0.1) is 0 Å². The molecule has 0 bridgehead atoms. The van der Waals surface area contributed by atoms with Gasteiger partial charge < -0.3 is 33.3 Å². The summed E-state index contributed by atoms with van der Waals surface area (Å²) in [5, 5.41) is 11.9. The summed E-state index contributed by atoms with van der Waals surface area (Å²) in [7, 11) is 5.93. The van der Waals surface area contributed by atoms with Crippen LogP contribution in [0.25, 0.3) is 0 Å². The maximum absolute atomic E-state index is 13.0.